The van der Waals surface area contributed by atoms with Gasteiger partial charge in [-0.05, 0) is 17.7 Å². The van der Waals surface area contributed by atoms with E-state index in [0.29, 0.717) is 13.1 Å². The maximum Gasteiger partial charge on any atom is 0.269 e. The molecular weight excluding hydrogens is 268 g/mol. The third-order valence-corrected chi connectivity index (χ3v) is 3.17. The number of rotatable bonds is 5. The van der Waals surface area contributed by atoms with Crippen LogP contribution in [0, 0.1) is 10.1 Å². The van der Waals surface area contributed by atoms with Gasteiger partial charge in [0.15, 0.2) is 0 Å². The second-order valence-corrected chi connectivity index (χ2v) is 4.73. The van der Waals surface area contributed by atoms with Crippen molar-refractivity contribution in [2.75, 3.05) is 0 Å². The van der Waals surface area contributed by atoms with E-state index in [1.807, 2.05) is 41.1 Å². The number of fused-ring (bicyclic) bond motifs is 1. The van der Waals surface area contributed by atoms with Crippen molar-refractivity contribution in [2.24, 2.45) is 0 Å². The first-order chi connectivity index (χ1) is 10.2. The minimum Gasteiger partial charge on any atom is -0.307 e. The van der Waals surface area contributed by atoms with E-state index in [2.05, 4.69) is 10.3 Å². The predicted molar refractivity (Wildman–Crippen MR) is 78.8 cm³/mol. The Labute approximate surface area is 121 Å². The van der Waals surface area contributed by atoms with Crippen LogP contribution in [0.4, 0.5) is 5.69 Å². The third kappa shape index (κ3) is 3.06. The van der Waals surface area contributed by atoms with Crippen LogP contribution in [0.25, 0.3) is 5.65 Å². The number of pyridine rings is 1. The maximum absolute atomic E-state index is 10.7. The zero-order chi connectivity index (χ0) is 14.7. The van der Waals surface area contributed by atoms with Gasteiger partial charge in [0.05, 0.1) is 10.6 Å². The Bertz CT molecular complexity index is 749. The second kappa shape index (κ2) is 5.72. The van der Waals surface area contributed by atoms with Crippen molar-refractivity contribution >= 4 is 11.3 Å². The van der Waals surface area contributed by atoms with E-state index in [1.54, 1.807) is 12.1 Å². The molecule has 0 saturated carbocycles. The SMILES string of the molecule is O=[N+]([O-])c1cccc(CNCc2cn3ccccc3n2)c1. The number of non-ortho nitro benzene ring substituents is 1. The second-order valence-electron chi connectivity index (χ2n) is 4.73. The molecule has 1 aromatic carbocycles. The van der Waals surface area contributed by atoms with E-state index in [-0.39, 0.29) is 10.6 Å². The Hall–Kier alpha value is -2.73. The Morgan fingerprint density at radius 2 is 2.10 bits per heavy atom. The van der Waals surface area contributed by atoms with E-state index < -0.39 is 0 Å². The van der Waals surface area contributed by atoms with E-state index >= 15 is 0 Å². The van der Waals surface area contributed by atoms with Gasteiger partial charge in [0.1, 0.15) is 5.65 Å². The lowest BCUT2D eigenvalue weighted by Crippen LogP contribution is -2.13. The molecule has 0 radical (unpaired) electrons. The number of hydrogen-bond acceptors (Lipinski definition) is 4. The molecule has 3 aromatic rings. The molecule has 0 aliphatic rings. The quantitative estimate of drug-likeness (QED) is 0.576. The maximum atomic E-state index is 10.7. The van der Waals surface area contributed by atoms with Crippen LogP contribution in [-0.4, -0.2) is 14.3 Å². The largest absolute Gasteiger partial charge is 0.307 e. The Morgan fingerprint density at radius 1 is 1.19 bits per heavy atom. The van der Waals surface area contributed by atoms with Gasteiger partial charge in [-0.3, -0.25) is 10.1 Å². The fourth-order valence-corrected chi connectivity index (χ4v) is 2.19. The summed E-state index contributed by atoms with van der Waals surface area (Å²) in [6.07, 6.45) is 3.92. The van der Waals surface area contributed by atoms with Crippen molar-refractivity contribution in [3.8, 4) is 0 Å². The number of imidazole rings is 1. The average Bonchev–Trinajstić information content (AvgIpc) is 2.90. The number of nitrogens with zero attached hydrogens (tertiary/aromatic N) is 3. The van der Waals surface area contributed by atoms with Crippen molar-refractivity contribution in [1.29, 1.82) is 0 Å². The summed E-state index contributed by atoms with van der Waals surface area (Å²) in [5.41, 5.74) is 2.84. The van der Waals surface area contributed by atoms with Gasteiger partial charge in [-0.25, -0.2) is 4.98 Å². The zero-order valence-corrected chi connectivity index (χ0v) is 11.3. The molecule has 21 heavy (non-hydrogen) atoms. The molecule has 0 fully saturated rings. The molecule has 3 rings (SSSR count). The van der Waals surface area contributed by atoms with Crippen LogP contribution in [0.1, 0.15) is 11.3 Å². The summed E-state index contributed by atoms with van der Waals surface area (Å²) in [6.45, 7) is 1.18. The number of nitro benzene ring substituents is 1. The van der Waals surface area contributed by atoms with Gasteiger partial charge in [0.25, 0.3) is 5.69 Å². The number of benzene rings is 1. The molecule has 2 heterocycles. The van der Waals surface area contributed by atoms with E-state index in [4.69, 9.17) is 0 Å². The van der Waals surface area contributed by atoms with Crippen LogP contribution in [0.15, 0.2) is 54.9 Å². The molecular formula is C15H14N4O2. The smallest absolute Gasteiger partial charge is 0.269 e. The van der Waals surface area contributed by atoms with Crippen molar-refractivity contribution in [2.45, 2.75) is 13.1 Å². The predicted octanol–water partition coefficient (Wildman–Crippen LogP) is 2.53. The molecule has 0 spiro atoms. The highest BCUT2D eigenvalue weighted by Crippen LogP contribution is 2.13. The van der Waals surface area contributed by atoms with Crippen molar-refractivity contribution < 1.29 is 4.92 Å². The molecule has 0 amide bonds. The molecule has 2 aromatic heterocycles. The number of nitro groups is 1. The van der Waals surface area contributed by atoms with E-state index in [9.17, 15) is 10.1 Å². The molecule has 0 bridgehead atoms. The van der Waals surface area contributed by atoms with Crippen LogP contribution >= 0.6 is 0 Å². The average molecular weight is 282 g/mol. The summed E-state index contributed by atoms with van der Waals surface area (Å²) in [6, 6.07) is 12.5. The first-order valence-corrected chi connectivity index (χ1v) is 6.59. The molecule has 0 unspecified atom stereocenters. The third-order valence-electron chi connectivity index (χ3n) is 3.17. The van der Waals surface area contributed by atoms with Crippen LogP contribution in [0.5, 0.6) is 0 Å². The summed E-state index contributed by atoms with van der Waals surface area (Å²) in [5, 5.41) is 14.0. The van der Waals surface area contributed by atoms with Crippen molar-refractivity contribution in [3.63, 3.8) is 0 Å². The van der Waals surface area contributed by atoms with Crippen LogP contribution < -0.4 is 5.32 Å². The van der Waals surface area contributed by atoms with Crippen LogP contribution in [0.3, 0.4) is 0 Å². The van der Waals surface area contributed by atoms with Gasteiger partial charge in [-0.15, -0.1) is 0 Å². The van der Waals surface area contributed by atoms with Gasteiger partial charge in [-0.2, -0.15) is 0 Å². The molecule has 0 aliphatic carbocycles. The number of aromatic nitrogens is 2. The standard InChI is InChI=1S/C15H14N4O2/c20-19(21)14-5-3-4-12(8-14)9-16-10-13-11-18-7-2-1-6-15(18)17-13/h1-8,11,16H,9-10H2. The first kappa shape index (κ1) is 13.3. The molecule has 0 aliphatic heterocycles. The monoisotopic (exact) mass is 282 g/mol. The molecule has 6 nitrogen and oxygen atoms in total. The Morgan fingerprint density at radius 3 is 2.90 bits per heavy atom. The first-order valence-electron chi connectivity index (χ1n) is 6.59. The van der Waals surface area contributed by atoms with E-state index in [0.717, 1.165) is 16.9 Å². The number of nitrogens with one attached hydrogen (secondary N) is 1. The molecule has 106 valence electrons. The fraction of sp³-hybridized carbons (Fsp3) is 0.133. The lowest BCUT2D eigenvalue weighted by molar-refractivity contribution is -0.384. The number of hydrogen-bond donors (Lipinski definition) is 1. The van der Waals surface area contributed by atoms with Crippen LogP contribution in [-0.2, 0) is 13.1 Å². The van der Waals surface area contributed by atoms with Gasteiger partial charge >= 0.3 is 0 Å². The highest BCUT2D eigenvalue weighted by atomic mass is 16.6. The molecule has 1 N–H and O–H groups in total. The minimum absolute atomic E-state index is 0.113. The van der Waals surface area contributed by atoms with Gasteiger partial charge in [0, 0.05) is 37.6 Å². The summed E-state index contributed by atoms with van der Waals surface area (Å²) >= 11 is 0. The lowest BCUT2D eigenvalue weighted by Gasteiger charge is -2.02. The lowest BCUT2D eigenvalue weighted by atomic mass is 10.2. The zero-order valence-electron chi connectivity index (χ0n) is 11.3. The Kier molecular flexibility index (Phi) is 3.61. The van der Waals surface area contributed by atoms with Gasteiger partial charge in [-0.1, -0.05) is 18.2 Å². The molecule has 6 heteroatoms. The van der Waals surface area contributed by atoms with Crippen molar-refractivity contribution in [1.82, 2.24) is 14.7 Å². The summed E-state index contributed by atoms with van der Waals surface area (Å²) in [5.74, 6) is 0. The summed E-state index contributed by atoms with van der Waals surface area (Å²) in [4.78, 5) is 14.8. The van der Waals surface area contributed by atoms with Gasteiger partial charge < -0.3 is 9.72 Å². The summed E-state index contributed by atoms with van der Waals surface area (Å²) < 4.78 is 1.96. The highest BCUT2D eigenvalue weighted by molar-refractivity contribution is 5.39. The fourth-order valence-electron chi connectivity index (χ4n) is 2.19. The highest BCUT2D eigenvalue weighted by Gasteiger charge is 2.05. The Balaban J connectivity index is 1.63. The topological polar surface area (TPSA) is 72.5 Å². The van der Waals surface area contributed by atoms with E-state index in [1.165, 1.54) is 6.07 Å². The van der Waals surface area contributed by atoms with Crippen molar-refractivity contribution in [3.05, 3.63) is 76.2 Å². The minimum atomic E-state index is -0.383. The van der Waals surface area contributed by atoms with Gasteiger partial charge in [0.2, 0.25) is 0 Å². The van der Waals surface area contributed by atoms with Crippen LogP contribution in [0.2, 0.25) is 0 Å². The normalized spacial score (nSPS) is 10.9. The summed E-state index contributed by atoms with van der Waals surface area (Å²) in [7, 11) is 0. The molecule has 0 saturated heterocycles. The molecule has 0 atom stereocenters.